The molecule has 1 aliphatic rings. The zero-order valence-corrected chi connectivity index (χ0v) is 12.4. The third-order valence-electron chi connectivity index (χ3n) is 3.27. The van der Waals surface area contributed by atoms with Gasteiger partial charge >= 0.3 is 6.18 Å². The Labute approximate surface area is 132 Å². The third-order valence-corrected chi connectivity index (χ3v) is 4.24. The normalized spacial score (nSPS) is 13.7. The van der Waals surface area contributed by atoms with Crippen molar-refractivity contribution in [2.24, 2.45) is 0 Å². The third kappa shape index (κ3) is 3.09. The van der Waals surface area contributed by atoms with Crippen molar-refractivity contribution in [3.63, 3.8) is 0 Å². The summed E-state index contributed by atoms with van der Waals surface area (Å²) in [6.07, 6.45) is -3.26. The van der Waals surface area contributed by atoms with Crippen LogP contribution in [0.3, 0.4) is 0 Å². The molecule has 3 rings (SSSR count). The molecule has 0 radical (unpaired) electrons. The van der Waals surface area contributed by atoms with E-state index in [1.807, 2.05) is 0 Å². The van der Waals surface area contributed by atoms with Crippen LogP contribution >= 0.6 is 11.8 Å². The fraction of sp³-hybridized carbons (Fsp3) is 0.214. The van der Waals surface area contributed by atoms with Crippen molar-refractivity contribution in [3.05, 3.63) is 51.9 Å². The van der Waals surface area contributed by atoms with Gasteiger partial charge in [-0.15, -0.1) is 0 Å². The smallest absolute Gasteiger partial charge is 0.322 e. The summed E-state index contributed by atoms with van der Waals surface area (Å²) in [4.78, 5) is 28.3. The monoisotopic (exact) mass is 341 g/mol. The van der Waals surface area contributed by atoms with Crippen LogP contribution < -0.4 is 10.9 Å². The number of alkyl halides is 3. The average molecular weight is 341 g/mol. The van der Waals surface area contributed by atoms with Crippen molar-refractivity contribution < 1.29 is 18.0 Å². The van der Waals surface area contributed by atoms with E-state index in [0.717, 1.165) is 24.3 Å². The number of benzene rings is 1. The highest BCUT2D eigenvalue weighted by Crippen LogP contribution is 2.29. The van der Waals surface area contributed by atoms with Crippen molar-refractivity contribution in [3.8, 4) is 0 Å². The SMILES string of the molecule is O=C(Nc1ccc(C(F)(F)F)cc1)c1cnc2n(c1=O)CCS2. The van der Waals surface area contributed by atoms with Crippen molar-refractivity contribution in [1.82, 2.24) is 9.55 Å². The molecular formula is C14H10F3N3O2S. The van der Waals surface area contributed by atoms with Crippen LogP contribution in [-0.4, -0.2) is 21.2 Å². The first-order valence-electron chi connectivity index (χ1n) is 6.57. The van der Waals surface area contributed by atoms with Gasteiger partial charge in [0.25, 0.3) is 11.5 Å². The number of aromatic nitrogens is 2. The summed E-state index contributed by atoms with van der Waals surface area (Å²) in [5.74, 6) is 0.0149. The highest BCUT2D eigenvalue weighted by Gasteiger charge is 2.30. The number of anilines is 1. The van der Waals surface area contributed by atoms with Gasteiger partial charge in [0.1, 0.15) is 5.56 Å². The van der Waals surface area contributed by atoms with Crippen LogP contribution in [0.5, 0.6) is 0 Å². The van der Waals surface area contributed by atoms with E-state index in [2.05, 4.69) is 10.3 Å². The highest BCUT2D eigenvalue weighted by molar-refractivity contribution is 7.99. The Bertz CT molecular complexity index is 815. The summed E-state index contributed by atoms with van der Waals surface area (Å²) in [7, 11) is 0. The molecule has 5 nitrogen and oxygen atoms in total. The van der Waals surface area contributed by atoms with E-state index in [1.165, 1.54) is 22.5 Å². The molecule has 9 heteroatoms. The maximum atomic E-state index is 12.5. The molecular weight excluding hydrogens is 331 g/mol. The molecule has 1 aromatic heterocycles. The van der Waals surface area contributed by atoms with Gasteiger partial charge in [0.2, 0.25) is 0 Å². The quantitative estimate of drug-likeness (QED) is 0.853. The second-order valence-corrected chi connectivity index (χ2v) is 5.85. The lowest BCUT2D eigenvalue weighted by Gasteiger charge is -2.09. The molecule has 1 N–H and O–H groups in total. The lowest BCUT2D eigenvalue weighted by Crippen LogP contribution is -2.29. The predicted octanol–water partition coefficient (Wildman–Crippen LogP) is 2.62. The van der Waals surface area contributed by atoms with Crippen molar-refractivity contribution >= 4 is 23.4 Å². The number of nitrogens with zero attached hydrogens (tertiary/aromatic N) is 2. The van der Waals surface area contributed by atoms with E-state index < -0.39 is 23.2 Å². The van der Waals surface area contributed by atoms with Gasteiger partial charge in [-0.1, -0.05) is 11.8 Å². The van der Waals surface area contributed by atoms with Gasteiger partial charge in [0.05, 0.1) is 5.56 Å². The van der Waals surface area contributed by atoms with Crippen LogP contribution in [-0.2, 0) is 12.7 Å². The molecule has 2 heterocycles. The molecule has 1 aliphatic heterocycles. The lowest BCUT2D eigenvalue weighted by molar-refractivity contribution is -0.137. The summed E-state index contributed by atoms with van der Waals surface area (Å²) < 4.78 is 38.9. The topological polar surface area (TPSA) is 64.0 Å². The van der Waals surface area contributed by atoms with E-state index in [1.54, 1.807) is 0 Å². The number of rotatable bonds is 2. The van der Waals surface area contributed by atoms with E-state index in [0.29, 0.717) is 17.5 Å². The Kier molecular flexibility index (Phi) is 3.88. The standard InChI is InChI=1S/C14H10F3N3O2S/c15-14(16,17)8-1-3-9(4-2-8)19-11(21)10-7-18-13-20(12(10)22)5-6-23-13/h1-4,7H,5-6H2,(H,19,21). The maximum Gasteiger partial charge on any atom is 0.416 e. The summed E-state index contributed by atoms with van der Waals surface area (Å²) >= 11 is 1.42. The van der Waals surface area contributed by atoms with E-state index >= 15 is 0 Å². The molecule has 1 aromatic carbocycles. The molecule has 0 unspecified atom stereocenters. The zero-order valence-electron chi connectivity index (χ0n) is 11.6. The van der Waals surface area contributed by atoms with Crippen LogP contribution in [0.15, 0.2) is 40.4 Å². The number of thioether (sulfide) groups is 1. The first-order chi connectivity index (χ1) is 10.9. The zero-order chi connectivity index (χ0) is 16.6. The minimum absolute atomic E-state index is 0.142. The van der Waals surface area contributed by atoms with Crippen molar-refractivity contribution in [1.29, 1.82) is 0 Å². The minimum atomic E-state index is -4.44. The van der Waals surface area contributed by atoms with E-state index in [-0.39, 0.29) is 11.3 Å². The first kappa shape index (κ1) is 15.6. The number of hydrogen-bond acceptors (Lipinski definition) is 4. The van der Waals surface area contributed by atoms with Crippen LogP contribution in [0.25, 0.3) is 0 Å². The maximum absolute atomic E-state index is 12.5. The Balaban J connectivity index is 1.81. The molecule has 2 aromatic rings. The lowest BCUT2D eigenvalue weighted by atomic mass is 10.2. The highest BCUT2D eigenvalue weighted by atomic mass is 32.2. The molecule has 0 fully saturated rings. The van der Waals surface area contributed by atoms with Crippen molar-refractivity contribution in [2.75, 3.05) is 11.1 Å². The van der Waals surface area contributed by atoms with Gasteiger partial charge < -0.3 is 5.32 Å². The summed E-state index contributed by atoms with van der Waals surface area (Å²) in [5.41, 5.74) is -1.24. The fourth-order valence-electron chi connectivity index (χ4n) is 2.11. The molecule has 0 saturated heterocycles. The fourth-order valence-corrected chi connectivity index (χ4v) is 3.03. The largest absolute Gasteiger partial charge is 0.416 e. The minimum Gasteiger partial charge on any atom is -0.322 e. The van der Waals surface area contributed by atoms with E-state index in [4.69, 9.17) is 0 Å². The molecule has 0 bridgehead atoms. The Morgan fingerprint density at radius 1 is 1.26 bits per heavy atom. The van der Waals surface area contributed by atoms with Gasteiger partial charge in [0, 0.05) is 24.2 Å². The summed E-state index contributed by atoms with van der Waals surface area (Å²) in [6.45, 7) is 0.479. The average Bonchev–Trinajstić information content (AvgIpc) is 2.96. The molecule has 0 saturated carbocycles. The Morgan fingerprint density at radius 3 is 2.61 bits per heavy atom. The molecule has 0 atom stereocenters. The molecule has 23 heavy (non-hydrogen) atoms. The van der Waals surface area contributed by atoms with Gasteiger partial charge in [-0.05, 0) is 24.3 Å². The number of nitrogens with one attached hydrogen (secondary N) is 1. The number of fused-ring (bicyclic) bond motifs is 1. The van der Waals surface area contributed by atoms with Crippen LogP contribution in [0.2, 0.25) is 0 Å². The first-order valence-corrected chi connectivity index (χ1v) is 7.56. The molecule has 1 amide bonds. The van der Waals surface area contributed by atoms with E-state index in [9.17, 15) is 22.8 Å². The predicted molar refractivity (Wildman–Crippen MR) is 78.6 cm³/mol. The number of hydrogen-bond donors (Lipinski definition) is 1. The molecule has 120 valence electrons. The van der Waals surface area contributed by atoms with Crippen LogP contribution in [0.1, 0.15) is 15.9 Å². The summed E-state index contributed by atoms with van der Waals surface area (Å²) in [6, 6.07) is 3.99. The second kappa shape index (κ2) is 5.73. The summed E-state index contributed by atoms with van der Waals surface area (Å²) in [5, 5.41) is 2.96. The van der Waals surface area contributed by atoms with Gasteiger partial charge in [-0.2, -0.15) is 13.2 Å². The van der Waals surface area contributed by atoms with Crippen LogP contribution in [0.4, 0.5) is 18.9 Å². The van der Waals surface area contributed by atoms with Crippen LogP contribution in [0, 0.1) is 0 Å². The molecule has 0 aliphatic carbocycles. The van der Waals surface area contributed by atoms with Gasteiger partial charge in [-0.3, -0.25) is 14.2 Å². The van der Waals surface area contributed by atoms with Gasteiger partial charge in [-0.25, -0.2) is 4.98 Å². The van der Waals surface area contributed by atoms with Gasteiger partial charge in [0.15, 0.2) is 5.16 Å². The number of halogens is 3. The Hall–Kier alpha value is -2.29. The number of amides is 1. The number of carbonyl (C=O) groups is 1. The Morgan fingerprint density at radius 2 is 1.96 bits per heavy atom. The molecule has 0 spiro atoms. The second-order valence-electron chi connectivity index (χ2n) is 4.79. The van der Waals surface area contributed by atoms with Crippen molar-refractivity contribution in [2.45, 2.75) is 17.9 Å². The number of carbonyl (C=O) groups excluding carboxylic acids is 1.